The predicted molar refractivity (Wildman–Crippen MR) is 135 cm³/mol. The summed E-state index contributed by atoms with van der Waals surface area (Å²) in [4.78, 5) is 21.5. The molecule has 7 nitrogen and oxygen atoms in total. The van der Waals surface area contributed by atoms with E-state index in [1.54, 1.807) is 11.3 Å². The number of anilines is 1. The van der Waals surface area contributed by atoms with E-state index in [1.165, 1.54) is 9.75 Å². The van der Waals surface area contributed by atoms with Crippen molar-refractivity contribution in [2.75, 3.05) is 19.0 Å². The van der Waals surface area contributed by atoms with E-state index in [4.69, 9.17) is 0 Å². The molecule has 6 rings (SSSR count). The number of aromatic amines is 2. The maximum atomic E-state index is 4.62. The van der Waals surface area contributed by atoms with Crippen LogP contribution in [0.25, 0.3) is 54.9 Å². The van der Waals surface area contributed by atoms with Gasteiger partial charge in [-0.3, -0.25) is 15.1 Å². The van der Waals surface area contributed by atoms with Gasteiger partial charge in [0.1, 0.15) is 5.69 Å². The number of H-pyrrole nitrogens is 2. The quantitative estimate of drug-likeness (QED) is 0.361. The Morgan fingerprint density at radius 2 is 1.73 bits per heavy atom. The molecule has 0 aliphatic heterocycles. The van der Waals surface area contributed by atoms with Crippen LogP contribution in [0.15, 0.2) is 61.3 Å². The van der Waals surface area contributed by atoms with Crippen LogP contribution >= 0.6 is 11.3 Å². The lowest BCUT2D eigenvalue weighted by Gasteiger charge is -2.12. The average molecular weight is 452 g/mol. The third-order valence-corrected chi connectivity index (χ3v) is 6.83. The molecule has 0 atom stereocenters. The van der Waals surface area contributed by atoms with E-state index in [2.05, 4.69) is 67.4 Å². The Kier molecular flexibility index (Phi) is 4.48. The highest BCUT2D eigenvalue weighted by atomic mass is 32.1. The van der Waals surface area contributed by atoms with Gasteiger partial charge in [-0.15, -0.1) is 11.3 Å². The molecular formula is C25H21N7S. The van der Waals surface area contributed by atoms with Gasteiger partial charge in [0.25, 0.3) is 0 Å². The molecule has 0 unspecified atom stereocenters. The standard InChI is InChI=1S/C25H21N7S/c1-14-4-5-23(33-14)20-12-27-13-22-18(20)8-21(29-22)24-19-7-16(10-28-25(19)31-30-24)15-6-17(32(2)3)11-26-9-15/h4-13,29H,1-3H3,(H,28,30,31). The molecule has 0 aromatic carbocycles. The number of nitrogens with one attached hydrogen (secondary N) is 2. The van der Waals surface area contributed by atoms with Gasteiger partial charge in [0.2, 0.25) is 0 Å². The third-order valence-electron chi connectivity index (χ3n) is 5.80. The molecule has 162 valence electrons. The lowest BCUT2D eigenvalue weighted by atomic mass is 10.1. The van der Waals surface area contributed by atoms with Crippen molar-refractivity contribution in [1.82, 2.24) is 30.1 Å². The average Bonchev–Trinajstić information content (AvgIpc) is 3.55. The Morgan fingerprint density at radius 3 is 2.55 bits per heavy atom. The molecule has 0 radical (unpaired) electrons. The van der Waals surface area contributed by atoms with Crippen LogP contribution < -0.4 is 4.90 Å². The number of rotatable bonds is 4. The molecule has 0 bridgehead atoms. The Morgan fingerprint density at radius 1 is 0.879 bits per heavy atom. The highest BCUT2D eigenvalue weighted by molar-refractivity contribution is 7.15. The molecule has 0 aliphatic rings. The summed E-state index contributed by atoms with van der Waals surface area (Å²) in [7, 11) is 4.01. The topological polar surface area (TPSA) is 86.4 Å². The summed E-state index contributed by atoms with van der Waals surface area (Å²) in [6.07, 6.45) is 9.36. The van der Waals surface area contributed by atoms with Crippen LogP contribution in [0.5, 0.6) is 0 Å². The fourth-order valence-corrected chi connectivity index (χ4v) is 4.94. The minimum Gasteiger partial charge on any atom is -0.376 e. The summed E-state index contributed by atoms with van der Waals surface area (Å²) in [5.41, 5.74) is 7.66. The minimum atomic E-state index is 0.747. The maximum Gasteiger partial charge on any atom is 0.155 e. The number of fused-ring (bicyclic) bond motifs is 2. The summed E-state index contributed by atoms with van der Waals surface area (Å²) in [5.74, 6) is 0. The molecule has 6 aromatic heterocycles. The Bertz CT molecular complexity index is 1620. The first-order valence-electron chi connectivity index (χ1n) is 10.6. The van der Waals surface area contributed by atoms with Crippen molar-refractivity contribution in [2.45, 2.75) is 6.92 Å². The fourth-order valence-electron chi connectivity index (χ4n) is 4.05. The largest absolute Gasteiger partial charge is 0.376 e. The van der Waals surface area contributed by atoms with Crippen molar-refractivity contribution in [3.63, 3.8) is 0 Å². The molecule has 33 heavy (non-hydrogen) atoms. The van der Waals surface area contributed by atoms with Crippen molar-refractivity contribution in [3.8, 4) is 33.0 Å². The van der Waals surface area contributed by atoms with E-state index in [9.17, 15) is 0 Å². The molecule has 0 fully saturated rings. The number of hydrogen-bond donors (Lipinski definition) is 2. The van der Waals surface area contributed by atoms with Crippen LogP contribution in [-0.4, -0.2) is 44.2 Å². The van der Waals surface area contributed by atoms with Gasteiger partial charge in [-0.1, -0.05) is 0 Å². The number of nitrogens with zero attached hydrogens (tertiary/aromatic N) is 5. The van der Waals surface area contributed by atoms with Crippen LogP contribution in [0, 0.1) is 6.92 Å². The Balaban J connectivity index is 1.48. The van der Waals surface area contributed by atoms with Crippen molar-refractivity contribution >= 4 is 39.0 Å². The molecule has 2 N–H and O–H groups in total. The second-order valence-corrected chi connectivity index (χ2v) is 9.55. The summed E-state index contributed by atoms with van der Waals surface area (Å²) in [6.45, 7) is 2.12. The summed E-state index contributed by atoms with van der Waals surface area (Å²) in [5, 5.41) is 9.74. The zero-order chi connectivity index (χ0) is 22.5. The predicted octanol–water partition coefficient (Wildman–Crippen LogP) is 5.67. The van der Waals surface area contributed by atoms with Gasteiger partial charge in [-0.05, 0) is 37.3 Å². The smallest absolute Gasteiger partial charge is 0.155 e. The molecule has 6 aromatic rings. The molecule has 6 heterocycles. The number of aryl methyl sites for hydroxylation is 1. The molecule has 0 saturated carbocycles. The third kappa shape index (κ3) is 3.35. The molecule has 0 saturated heterocycles. The van der Waals surface area contributed by atoms with Crippen molar-refractivity contribution in [1.29, 1.82) is 0 Å². The van der Waals surface area contributed by atoms with E-state index in [0.29, 0.717) is 0 Å². The highest BCUT2D eigenvalue weighted by Gasteiger charge is 2.16. The number of hydrogen-bond acceptors (Lipinski definition) is 6. The first-order valence-corrected chi connectivity index (χ1v) is 11.4. The van der Waals surface area contributed by atoms with Crippen molar-refractivity contribution in [3.05, 3.63) is 66.2 Å². The normalized spacial score (nSPS) is 11.5. The minimum absolute atomic E-state index is 0.747. The van der Waals surface area contributed by atoms with E-state index in [0.717, 1.165) is 55.7 Å². The fraction of sp³-hybridized carbons (Fsp3) is 0.120. The van der Waals surface area contributed by atoms with Gasteiger partial charge < -0.3 is 9.88 Å². The first kappa shape index (κ1) is 19.6. The van der Waals surface area contributed by atoms with E-state index >= 15 is 0 Å². The van der Waals surface area contributed by atoms with Gasteiger partial charge >= 0.3 is 0 Å². The van der Waals surface area contributed by atoms with E-state index in [1.807, 2.05) is 50.0 Å². The van der Waals surface area contributed by atoms with Crippen LogP contribution in [0.1, 0.15) is 4.88 Å². The second-order valence-electron chi connectivity index (χ2n) is 8.26. The van der Waals surface area contributed by atoms with Gasteiger partial charge in [0, 0.05) is 69.9 Å². The van der Waals surface area contributed by atoms with Gasteiger partial charge in [0.15, 0.2) is 5.65 Å². The van der Waals surface area contributed by atoms with Crippen LogP contribution in [0.2, 0.25) is 0 Å². The summed E-state index contributed by atoms with van der Waals surface area (Å²) < 4.78 is 0. The second kappa shape index (κ2) is 7.53. The molecule has 0 spiro atoms. The van der Waals surface area contributed by atoms with Crippen LogP contribution in [0.4, 0.5) is 5.69 Å². The number of thiophene rings is 1. The van der Waals surface area contributed by atoms with Crippen molar-refractivity contribution < 1.29 is 0 Å². The lowest BCUT2D eigenvalue weighted by Crippen LogP contribution is -2.08. The summed E-state index contributed by atoms with van der Waals surface area (Å²) >= 11 is 1.77. The number of aromatic nitrogens is 6. The van der Waals surface area contributed by atoms with Gasteiger partial charge in [-0.25, -0.2) is 4.98 Å². The van der Waals surface area contributed by atoms with Crippen molar-refractivity contribution in [2.24, 2.45) is 0 Å². The zero-order valence-corrected chi connectivity index (χ0v) is 19.2. The number of pyridine rings is 3. The van der Waals surface area contributed by atoms with Gasteiger partial charge in [-0.2, -0.15) is 5.10 Å². The van der Waals surface area contributed by atoms with Crippen LogP contribution in [-0.2, 0) is 0 Å². The monoisotopic (exact) mass is 451 g/mol. The first-order chi connectivity index (χ1) is 16.1. The van der Waals surface area contributed by atoms with E-state index in [-0.39, 0.29) is 0 Å². The SMILES string of the molecule is Cc1ccc(-c2cncc3[nH]c(-c4n[nH]c5ncc(-c6cncc(N(C)C)c6)cc45)cc23)s1. The zero-order valence-electron chi connectivity index (χ0n) is 18.4. The molecular weight excluding hydrogens is 430 g/mol. The maximum absolute atomic E-state index is 4.62. The Hall–Kier alpha value is -4.04. The summed E-state index contributed by atoms with van der Waals surface area (Å²) in [6, 6.07) is 10.7. The molecule has 8 heteroatoms. The molecule has 0 aliphatic carbocycles. The molecule has 0 amide bonds. The lowest BCUT2D eigenvalue weighted by molar-refractivity contribution is 1.10. The highest BCUT2D eigenvalue weighted by Crippen LogP contribution is 2.36. The Labute approximate surface area is 194 Å². The van der Waals surface area contributed by atoms with Gasteiger partial charge in [0.05, 0.1) is 29.3 Å². The van der Waals surface area contributed by atoms with E-state index < -0.39 is 0 Å². The van der Waals surface area contributed by atoms with Crippen LogP contribution in [0.3, 0.4) is 0 Å².